The first-order valence-corrected chi connectivity index (χ1v) is 4.00. The van der Waals surface area contributed by atoms with Crippen LogP contribution in [0.1, 0.15) is 26.7 Å². The lowest BCUT2D eigenvalue weighted by Crippen LogP contribution is -2.28. The summed E-state index contributed by atoms with van der Waals surface area (Å²) >= 11 is 0. The summed E-state index contributed by atoms with van der Waals surface area (Å²) in [5.41, 5.74) is 1.77. The Morgan fingerprint density at radius 2 is 1.89 bits per heavy atom. The predicted octanol–water partition coefficient (Wildman–Crippen LogP) is 2.61. The third kappa shape index (κ3) is 0.493. The lowest BCUT2D eigenvalue weighted by Gasteiger charge is -2.36. The topological polar surface area (TPSA) is 0 Å². The molecule has 0 spiro atoms. The van der Waals surface area contributed by atoms with E-state index in [1.165, 1.54) is 12.8 Å². The van der Waals surface area contributed by atoms with E-state index < -0.39 is 0 Å². The monoisotopic (exact) mass is 122 g/mol. The molecule has 0 aromatic rings. The zero-order valence-electron chi connectivity index (χ0n) is 6.22. The molecule has 0 heteroatoms. The molecular formula is C9H14. The quantitative estimate of drug-likeness (QED) is 0.433. The molecule has 0 aromatic heterocycles. The van der Waals surface area contributed by atoms with Gasteiger partial charge in [-0.3, -0.25) is 0 Å². The molecule has 2 atom stereocenters. The van der Waals surface area contributed by atoms with Gasteiger partial charge in [0.05, 0.1) is 0 Å². The van der Waals surface area contributed by atoms with Crippen molar-refractivity contribution >= 4 is 0 Å². The number of fused-ring (bicyclic) bond motifs is 1. The standard InChI is InChI=1S/C9H14/c1-3-7-8-4-5-9(7)6(8)2/h3,6,8-9H,4-5H2,1-2H3. The highest BCUT2D eigenvalue weighted by atomic mass is 14.5. The van der Waals surface area contributed by atoms with Gasteiger partial charge in [-0.2, -0.15) is 0 Å². The summed E-state index contributed by atoms with van der Waals surface area (Å²) in [6.07, 6.45) is 5.29. The van der Waals surface area contributed by atoms with E-state index in [0.29, 0.717) is 0 Å². The molecule has 2 unspecified atom stereocenters. The minimum atomic E-state index is 1.000. The molecule has 0 nitrogen and oxygen atoms in total. The summed E-state index contributed by atoms with van der Waals surface area (Å²) in [4.78, 5) is 0. The van der Waals surface area contributed by atoms with Crippen molar-refractivity contribution in [2.24, 2.45) is 17.8 Å². The molecule has 50 valence electrons. The van der Waals surface area contributed by atoms with Crippen molar-refractivity contribution in [3.05, 3.63) is 11.6 Å². The van der Waals surface area contributed by atoms with E-state index in [-0.39, 0.29) is 0 Å². The molecule has 9 heavy (non-hydrogen) atoms. The molecule has 0 saturated heterocycles. The maximum absolute atomic E-state index is 2.40. The summed E-state index contributed by atoms with van der Waals surface area (Å²) in [5.74, 6) is 3.02. The molecular weight excluding hydrogens is 108 g/mol. The van der Waals surface area contributed by atoms with E-state index in [1.54, 1.807) is 5.57 Å². The third-order valence-corrected chi connectivity index (χ3v) is 3.25. The van der Waals surface area contributed by atoms with Gasteiger partial charge in [0.1, 0.15) is 0 Å². The van der Waals surface area contributed by atoms with Crippen LogP contribution >= 0.6 is 0 Å². The third-order valence-electron chi connectivity index (χ3n) is 3.25. The highest BCUT2D eigenvalue weighted by Crippen LogP contribution is 2.57. The average Bonchev–Trinajstić information content (AvgIpc) is 2.41. The molecule has 0 amide bonds. The van der Waals surface area contributed by atoms with Crippen molar-refractivity contribution in [3.8, 4) is 0 Å². The number of allylic oxidation sites excluding steroid dienone is 2. The highest BCUT2D eigenvalue weighted by Gasteiger charge is 2.47. The lowest BCUT2D eigenvalue weighted by atomic mass is 9.69. The normalized spacial score (nSPS) is 46.9. The molecule has 0 heterocycles. The number of hydrogen-bond acceptors (Lipinski definition) is 0. The van der Waals surface area contributed by atoms with E-state index >= 15 is 0 Å². The Labute approximate surface area is 57.0 Å². The van der Waals surface area contributed by atoms with Crippen LogP contribution in [0.15, 0.2) is 11.6 Å². The minimum Gasteiger partial charge on any atom is -0.0879 e. The largest absolute Gasteiger partial charge is 0.0879 e. The van der Waals surface area contributed by atoms with Gasteiger partial charge in [-0.1, -0.05) is 18.6 Å². The van der Waals surface area contributed by atoms with Crippen LogP contribution in [-0.2, 0) is 0 Å². The van der Waals surface area contributed by atoms with Crippen molar-refractivity contribution < 1.29 is 0 Å². The fraction of sp³-hybridized carbons (Fsp3) is 0.778. The van der Waals surface area contributed by atoms with Crippen LogP contribution in [0.2, 0.25) is 0 Å². The van der Waals surface area contributed by atoms with Gasteiger partial charge in [0.15, 0.2) is 0 Å². The van der Waals surface area contributed by atoms with Gasteiger partial charge >= 0.3 is 0 Å². The van der Waals surface area contributed by atoms with E-state index in [1.807, 2.05) is 0 Å². The zero-order chi connectivity index (χ0) is 6.43. The van der Waals surface area contributed by atoms with Crippen molar-refractivity contribution in [1.29, 1.82) is 0 Å². The van der Waals surface area contributed by atoms with Gasteiger partial charge in [-0.25, -0.2) is 0 Å². The van der Waals surface area contributed by atoms with E-state index in [2.05, 4.69) is 19.9 Å². The second kappa shape index (κ2) is 1.62. The molecule has 3 aliphatic rings. The second-order valence-corrected chi connectivity index (χ2v) is 3.44. The molecule has 3 aliphatic carbocycles. The fourth-order valence-electron chi connectivity index (χ4n) is 2.69. The smallest absolute Gasteiger partial charge is 0.0169 e. The van der Waals surface area contributed by atoms with Crippen molar-refractivity contribution in [1.82, 2.24) is 0 Å². The fourth-order valence-corrected chi connectivity index (χ4v) is 2.69. The van der Waals surface area contributed by atoms with E-state index in [4.69, 9.17) is 0 Å². The SMILES string of the molecule is CC=C1C2CCC1C2C. The van der Waals surface area contributed by atoms with Crippen LogP contribution in [-0.4, -0.2) is 0 Å². The molecule has 0 aromatic carbocycles. The maximum Gasteiger partial charge on any atom is -0.0169 e. The average molecular weight is 122 g/mol. The number of hydrogen-bond donors (Lipinski definition) is 0. The molecule has 3 fully saturated rings. The Morgan fingerprint density at radius 3 is 2.11 bits per heavy atom. The predicted molar refractivity (Wildman–Crippen MR) is 39.1 cm³/mol. The molecule has 0 aliphatic heterocycles. The van der Waals surface area contributed by atoms with Gasteiger partial charge < -0.3 is 0 Å². The van der Waals surface area contributed by atoms with Crippen LogP contribution < -0.4 is 0 Å². The maximum atomic E-state index is 2.40. The molecule has 0 N–H and O–H groups in total. The van der Waals surface area contributed by atoms with Gasteiger partial charge in [-0.15, -0.1) is 0 Å². The Kier molecular flexibility index (Phi) is 0.992. The summed E-state index contributed by atoms with van der Waals surface area (Å²) < 4.78 is 0. The first kappa shape index (κ1) is 5.52. The Morgan fingerprint density at radius 1 is 1.33 bits per heavy atom. The van der Waals surface area contributed by atoms with E-state index in [9.17, 15) is 0 Å². The van der Waals surface area contributed by atoms with Crippen molar-refractivity contribution in [3.63, 3.8) is 0 Å². The summed E-state index contributed by atoms with van der Waals surface area (Å²) in [6, 6.07) is 0. The first-order chi connectivity index (χ1) is 4.34. The molecule has 3 saturated carbocycles. The lowest BCUT2D eigenvalue weighted by molar-refractivity contribution is 0.288. The Hall–Kier alpha value is -0.260. The number of rotatable bonds is 0. The molecule has 2 bridgehead atoms. The molecule has 0 radical (unpaired) electrons. The van der Waals surface area contributed by atoms with Crippen LogP contribution in [0.25, 0.3) is 0 Å². The summed E-state index contributed by atoms with van der Waals surface area (Å²) in [6.45, 7) is 4.59. The van der Waals surface area contributed by atoms with Crippen molar-refractivity contribution in [2.75, 3.05) is 0 Å². The van der Waals surface area contributed by atoms with Gasteiger partial charge in [0, 0.05) is 0 Å². The minimum absolute atomic E-state index is 1.000. The van der Waals surface area contributed by atoms with Crippen LogP contribution in [0.4, 0.5) is 0 Å². The highest BCUT2D eigenvalue weighted by molar-refractivity contribution is 5.26. The Balaban J connectivity index is 2.23. The van der Waals surface area contributed by atoms with E-state index in [0.717, 1.165) is 17.8 Å². The Bertz CT molecular complexity index is 141. The van der Waals surface area contributed by atoms with Crippen LogP contribution in [0.5, 0.6) is 0 Å². The van der Waals surface area contributed by atoms with Crippen molar-refractivity contribution in [2.45, 2.75) is 26.7 Å². The summed E-state index contributed by atoms with van der Waals surface area (Å²) in [7, 11) is 0. The second-order valence-electron chi connectivity index (χ2n) is 3.44. The van der Waals surface area contributed by atoms with Crippen LogP contribution in [0.3, 0.4) is 0 Å². The molecule has 3 rings (SSSR count). The van der Waals surface area contributed by atoms with Gasteiger partial charge in [0.2, 0.25) is 0 Å². The summed E-state index contributed by atoms with van der Waals surface area (Å²) in [5, 5.41) is 0. The van der Waals surface area contributed by atoms with Crippen LogP contribution in [0, 0.1) is 17.8 Å². The van der Waals surface area contributed by atoms with Gasteiger partial charge in [-0.05, 0) is 37.5 Å². The zero-order valence-corrected chi connectivity index (χ0v) is 6.22. The first-order valence-electron chi connectivity index (χ1n) is 4.00. The van der Waals surface area contributed by atoms with Gasteiger partial charge in [0.25, 0.3) is 0 Å².